The Kier molecular flexibility index (Phi) is 2.65. The second kappa shape index (κ2) is 3.92. The van der Waals surface area contributed by atoms with Crippen molar-refractivity contribution >= 4 is 11.8 Å². The highest BCUT2D eigenvalue weighted by Crippen LogP contribution is 2.50. The van der Waals surface area contributed by atoms with Gasteiger partial charge in [-0.05, 0) is 36.8 Å². The molecule has 0 aromatic rings. The number of fused-ring (bicyclic) bond motifs is 2. The van der Waals surface area contributed by atoms with Gasteiger partial charge in [-0.2, -0.15) is 0 Å². The molecule has 5 atom stereocenters. The van der Waals surface area contributed by atoms with Crippen molar-refractivity contribution < 1.29 is 19.4 Å². The van der Waals surface area contributed by atoms with Gasteiger partial charge < -0.3 is 9.84 Å². The van der Waals surface area contributed by atoms with Crippen molar-refractivity contribution in [3.8, 4) is 0 Å². The molecular formula is C15H20O4. The normalized spacial score (nSPS) is 45.9. The lowest BCUT2D eigenvalue weighted by atomic mass is 9.81. The van der Waals surface area contributed by atoms with Crippen LogP contribution in [0.4, 0.5) is 0 Å². The monoisotopic (exact) mass is 264 g/mol. The summed E-state index contributed by atoms with van der Waals surface area (Å²) in [7, 11) is 0. The minimum absolute atomic E-state index is 0.0423. The van der Waals surface area contributed by atoms with Crippen molar-refractivity contribution in [3.63, 3.8) is 0 Å². The average molecular weight is 264 g/mol. The minimum Gasteiger partial charge on any atom is -0.462 e. The van der Waals surface area contributed by atoms with Gasteiger partial charge in [0.25, 0.3) is 0 Å². The highest BCUT2D eigenvalue weighted by atomic mass is 16.6. The molecule has 5 unspecified atom stereocenters. The van der Waals surface area contributed by atoms with Gasteiger partial charge in [-0.1, -0.05) is 13.8 Å². The molecule has 1 N–H and O–H groups in total. The summed E-state index contributed by atoms with van der Waals surface area (Å²) in [5.41, 5.74) is 0.529. The van der Waals surface area contributed by atoms with Gasteiger partial charge >= 0.3 is 5.97 Å². The molecule has 0 spiro atoms. The van der Waals surface area contributed by atoms with Crippen LogP contribution in [0.25, 0.3) is 0 Å². The van der Waals surface area contributed by atoms with E-state index < -0.39 is 5.60 Å². The van der Waals surface area contributed by atoms with Crippen molar-refractivity contribution in [2.75, 3.05) is 0 Å². The largest absolute Gasteiger partial charge is 0.462 e. The fourth-order valence-corrected chi connectivity index (χ4v) is 3.93. The van der Waals surface area contributed by atoms with E-state index in [-0.39, 0.29) is 42.0 Å². The number of aliphatic hydroxyl groups is 1. The molecule has 0 radical (unpaired) electrons. The lowest BCUT2D eigenvalue weighted by Crippen LogP contribution is -2.37. The zero-order valence-electron chi connectivity index (χ0n) is 11.6. The van der Waals surface area contributed by atoms with Gasteiger partial charge in [-0.3, -0.25) is 9.59 Å². The fraction of sp³-hybridized carbons (Fsp3) is 0.733. The quantitative estimate of drug-likeness (QED) is 0.675. The summed E-state index contributed by atoms with van der Waals surface area (Å²) >= 11 is 0. The number of rotatable bonds is 0. The first-order valence-electron chi connectivity index (χ1n) is 7.01. The number of hydrogen-bond donors (Lipinski definition) is 1. The Balaban J connectivity index is 2.04. The van der Waals surface area contributed by atoms with Gasteiger partial charge in [0.05, 0.1) is 11.5 Å². The van der Waals surface area contributed by atoms with Crippen molar-refractivity contribution in [1.29, 1.82) is 0 Å². The van der Waals surface area contributed by atoms with Crippen LogP contribution in [0, 0.1) is 17.8 Å². The van der Waals surface area contributed by atoms with Crippen LogP contribution in [0.1, 0.15) is 40.0 Å². The van der Waals surface area contributed by atoms with Crippen molar-refractivity contribution in [2.24, 2.45) is 17.8 Å². The maximum atomic E-state index is 11.9. The van der Waals surface area contributed by atoms with Gasteiger partial charge in [-0.25, -0.2) is 0 Å². The molecular weight excluding hydrogens is 244 g/mol. The van der Waals surface area contributed by atoms with Crippen molar-refractivity contribution in [2.45, 2.75) is 51.7 Å². The predicted octanol–water partition coefficient (Wildman–Crippen LogP) is 1.61. The van der Waals surface area contributed by atoms with Crippen molar-refractivity contribution in [1.82, 2.24) is 0 Å². The van der Waals surface area contributed by atoms with Crippen LogP contribution in [0.2, 0.25) is 0 Å². The predicted molar refractivity (Wildman–Crippen MR) is 68.2 cm³/mol. The van der Waals surface area contributed by atoms with Gasteiger partial charge in [0.15, 0.2) is 5.78 Å². The van der Waals surface area contributed by atoms with Gasteiger partial charge in [-0.15, -0.1) is 0 Å². The average Bonchev–Trinajstić information content (AvgIpc) is 2.68. The molecule has 3 aliphatic rings. The fourth-order valence-electron chi connectivity index (χ4n) is 3.93. The minimum atomic E-state index is -1.02. The van der Waals surface area contributed by atoms with Gasteiger partial charge in [0.2, 0.25) is 0 Å². The summed E-state index contributed by atoms with van der Waals surface area (Å²) in [6.45, 7) is 5.63. The number of allylic oxidation sites excluding steroid dienone is 1. The second-order valence-corrected chi connectivity index (χ2v) is 6.40. The standard InChI is InChI=1S/C15H20O4/c1-7-4-13-10(8(2)14(17)19-13)5-11-9(3)12(16)6-15(7,11)18/h7-8,10,13,18H,4-6H2,1-3H3. The van der Waals surface area contributed by atoms with Gasteiger partial charge in [0, 0.05) is 12.3 Å². The van der Waals surface area contributed by atoms with Crippen LogP contribution in [-0.4, -0.2) is 28.6 Å². The zero-order valence-corrected chi connectivity index (χ0v) is 11.6. The first-order chi connectivity index (χ1) is 8.84. The maximum Gasteiger partial charge on any atom is 0.309 e. The van der Waals surface area contributed by atoms with E-state index in [1.54, 1.807) is 6.92 Å². The lowest BCUT2D eigenvalue weighted by Gasteiger charge is -2.31. The molecule has 1 aliphatic heterocycles. The Morgan fingerprint density at radius 1 is 1.32 bits per heavy atom. The van der Waals surface area contributed by atoms with Gasteiger partial charge in [0.1, 0.15) is 6.10 Å². The Morgan fingerprint density at radius 3 is 2.68 bits per heavy atom. The molecule has 0 amide bonds. The number of ether oxygens (including phenoxy) is 1. The molecule has 3 rings (SSSR count). The van der Waals surface area contributed by atoms with Crippen LogP contribution in [0.5, 0.6) is 0 Å². The first-order valence-corrected chi connectivity index (χ1v) is 7.01. The zero-order chi connectivity index (χ0) is 13.9. The SMILES string of the molecule is CC1=C2CC3C(CC(C)C2(O)CC1=O)OC(=O)C3C. The maximum absolute atomic E-state index is 11.9. The van der Waals surface area contributed by atoms with E-state index >= 15 is 0 Å². The van der Waals surface area contributed by atoms with E-state index in [9.17, 15) is 14.7 Å². The summed E-state index contributed by atoms with van der Waals surface area (Å²) in [5, 5.41) is 10.9. The Morgan fingerprint density at radius 2 is 2.00 bits per heavy atom. The highest BCUT2D eigenvalue weighted by molar-refractivity contribution is 6.00. The molecule has 0 aromatic heterocycles. The molecule has 1 saturated heterocycles. The third kappa shape index (κ3) is 1.62. The van der Waals surface area contributed by atoms with E-state index in [1.807, 2.05) is 13.8 Å². The second-order valence-electron chi connectivity index (χ2n) is 6.40. The summed E-state index contributed by atoms with van der Waals surface area (Å²) in [6.07, 6.45) is 1.33. The molecule has 1 saturated carbocycles. The van der Waals surface area contributed by atoms with Crippen LogP contribution in [-0.2, 0) is 14.3 Å². The third-order valence-corrected chi connectivity index (χ3v) is 5.42. The molecule has 0 aromatic carbocycles. The van der Waals surface area contributed by atoms with Crippen LogP contribution in [0.15, 0.2) is 11.1 Å². The molecule has 1 heterocycles. The Labute approximate surface area is 112 Å². The number of carbonyl (C=O) groups is 2. The number of carbonyl (C=O) groups excluding carboxylic acids is 2. The molecule has 2 aliphatic carbocycles. The first kappa shape index (κ1) is 12.9. The number of ketones is 1. The molecule has 2 fully saturated rings. The number of hydrogen-bond acceptors (Lipinski definition) is 4. The van der Waals surface area contributed by atoms with E-state index in [0.29, 0.717) is 18.4 Å². The molecule has 0 bridgehead atoms. The Bertz CT molecular complexity index is 492. The number of esters is 1. The topological polar surface area (TPSA) is 63.6 Å². The van der Waals surface area contributed by atoms with E-state index in [2.05, 4.69) is 0 Å². The van der Waals surface area contributed by atoms with E-state index in [0.717, 1.165) is 5.57 Å². The Hall–Kier alpha value is -1.16. The van der Waals surface area contributed by atoms with Crippen LogP contribution < -0.4 is 0 Å². The molecule has 4 nitrogen and oxygen atoms in total. The lowest BCUT2D eigenvalue weighted by molar-refractivity contribution is -0.145. The number of Topliss-reactive ketones (excluding diaryl/α,β-unsaturated/α-hetero) is 1. The van der Waals surface area contributed by atoms with E-state index in [4.69, 9.17) is 4.74 Å². The summed E-state index contributed by atoms with van der Waals surface area (Å²) in [5.74, 6) is -0.205. The van der Waals surface area contributed by atoms with Crippen LogP contribution >= 0.6 is 0 Å². The molecule has 4 heteroatoms. The molecule has 19 heavy (non-hydrogen) atoms. The highest BCUT2D eigenvalue weighted by Gasteiger charge is 2.54. The smallest absolute Gasteiger partial charge is 0.309 e. The van der Waals surface area contributed by atoms with Crippen LogP contribution in [0.3, 0.4) is 0 Å². The van der Waals surface area contributed by atoms with Crippen molar-refractivity contribution in [3.05, 3.63) is 11.1 Å². The van der Waals surface area contributed by atoms with E-state index in [1.165, 1.54) is 0 Å². The molecule has 104 valence electrons. The summed E-state index contributed by atoms with van der Waals surface area (Å²) < 4.78 is 5.44. The summed E-state index contributed by atoms with van der Waals surface area (Å²) in [6, 6.07) is 0. The third-order valence-electron chi connectivity index (χ3n) is 5.42. The summed E-state index contributed by atoms with van der Waals surface area (Å²) in [4.78, 5) is 23.6.